The van der Waals surface area contributed by atoms with Crippen molar-refractivity contribution in [1.82, 2.24) is 19.4 Å². The quantitative estimate of drug-likeness (QED) is 0.656. The summed E-state index contributed by atoms with van der Waals surface area (Å²) < 4.78 is 35.4. The smallest absolute Gasteiger partial charge is 0.240 e. The van der Waals surface area contributed by atoms with Crippen molar-refractivity contribution in [2.24, 2.45) is 13.0 Å². The molecule has 1 aromatic carbocycles. The van der Waals surface area contributed by atoms with Crippen molar-refractivity contribution < 1.29 is 12.8 Å². The van der Waals surface area contributed by atoms with E-state index in [1.165, 1.54) is 5.69 Å². The Labute approximate surface area is 176 Å². The lowest BCUT2D eigenvalue weighted by molar-refractivity contribution is 0.0306. The maximum atomic E-state index is 12.6. The van der Waals surface area contributed by atoms with Crippen molar-refractivity contribution in [2.45, 2.75) is 29.7 Å². The van der Waals surface area contributed by atoms with E-state index in [0.717, 1.165) is 37.4 Å². The van der Waals surface area contributed by atoms with Crippen LogP contribution in [-0.2, 0) is 17.1 Å². The highest BCUT2D eigenvalue weighted by Crippen LogP contribution is 2.42. The zero-order chi connectivity index (χ0) is 20.7. The van der Waals surface area contributed by atoms with Crippen LogP contribution in [0.2, 0.25) is 0 Å². The van der Waals surface area contributed by atoms with Crippen LogP contribution in [0.4, 0.5) is 0 Å². The molecule has 7 nitrogen and oxygen atoms in total. The molecule has 1 unspecified atom stereocenters. The van der Waals surface area contributed by atoms with Gasteiger partial charge in [0.1, 0.15) is 5.69 Å². The maximum Gasteiger partial charge on any atom is 0.240 e. The first-order valence-corrected chi connectivity index (χ1v) is 11.9. The Morgan fingerprint density at radius 2 is 2.03 bits per heavy atom. The van der Waals surface area contributed by atoms with Crippen molar-refractivity contribution in [1.29, 1.82) is 0 Å². The number of fused-ring (bicyclic) bond motifs is 3. The molecule has 0 aliphatic carbocycles. The van der Waals surface area contributed by atoms with E-state index in [0.29, 0.717) is 23.3 Å². The third kappa shape index (κ3) is 3.59. The summed E-state index contributed by atoms with van der Waals surface area (Å²) in [7, 11) is -1.48. The number of hydrogen-bond donors (Lipinski definition) is 1. The number of nitrogens with zero attached hydrogens (tertiary/aromatic N) is 3. The summed E-state index contributed by atoms with van der Waals surface area (Å²) in [4.78, 5) is 2.75. The van der Waals surface area contributed by atoms with Crippen molar-refractivity contribution in [3.63, 3.8) is 0 Å². The van der Waals surface area contributed by atoms with Crippen LogP contribution in [0.15, 0.2) is 64.1 Å². The van der Waals surface area contributed by atoms with Crippen LogP contribution in [0.1, 0.15) is 24.5 Å². The van der Waals surface area contributed by atoms with Gasteiger partial charge in [0.15, 0.2) is 5.76 Å². The molecule has 30 heavy (non-hydrogen) atoms. The Bertz CT molecular complexity index is 1110. The van der Waals surface area contributed by atoms with Gasteiger partial charge in [0.25, 0.3) is 0 Å². The molecule has 8 heteroatoms. The normalized spacial score (nSPS) is 26.2. The summed E-state index contributed by atoms with van der Waals surface area (Å²) in [5.74, 6) is 1.72. The molecule has 0 saturated carbocycles. The first-order valence-electron chi connectivity index (χ1n) is 10.4. The SMILES string of the molecule is Cn1nc(-c2ccco2)cc1[C@@H]1CN2CC[C@H]1C[C@@H]2CNS(=O)(=O)c1ccccc1. The number of furan rings is 1. The van der Waals surface area contributed by atoms with Crippen molar-refractivity contribution in [3.8, 4) is 11.5 Å². The van der Waals surface area contributed by atoms with E-state index in [1.54, 1.807) is 30.5 Å². The number of aryl methyl sites for hydroxylation is 1. The van der Waals surface area contributed by atoms with Crippen molar-refractivity contribution in [2.75, 3.05) is 19.6 Å². The van der Waals surface area contributed by atoms with Crippen LogP contribution >= 0.6 is 0 Å². The molecule has 2 aromatic heterocycles. The minimum atomic E-state index is -3.47. The van der Waals surface area contributed by atoms with Crippen LogP contribution in [0, 0.1) is 5.92 Å². The molecule has 3 aliphatic heterocycles. The molecule has 1 N–H and O–H groups in total. The van der Waals surface area contributed by atoms with E-state index < -0.39 is 10.0 Å². The van der Waals surface area contributed by atoms with Gasteiger partial charge in [-0.2, -0.15) is 5.10 Å². The average Bonchev–Trinajstić information content (AvgIpc) is 3.43. The Morgan fingerprint density at radius 3 is 2.73 bits per heavy atom. The molecule has 3 aromatic rings. The molecule has 3 aliphatic rings. The van der Waals surface area contributed by atoms with Crippen LogP contribution in [0.25, 0.3) is 11.5 Å². The largest absolute Gasteiger partial charge is 0.463 e. The van der Waals surface area contributed by atoms with E-state index in [9.17, 15) is 8.42 Å². The van der Waals surface area contributed by atoms with Gasteiger partial charge in [0.2, 0.25) is 10.0 Å². The van der Waals surface area contributed by atoms with Crippen molar-refractivity contribution in [3.05, 3.63) is 60.5 Å². The van der Waals surface area contributed by atoms with Gasteiger partial charge >= 0.3 is 0 Å². The Balaban J connectivity index is 1.28. The summed E-state index contributed by atoms with van der Waals surface area (Å²) in [5.41, 5.74) is 2.08. The molecule has 4 atom stereocenters. The fourth-order valence-corrected chi connectivity index (χ4v) is 6.04. The van der Waals surface area contributed by atoms with Gasteiger partial charge in [-0.05, 0) is 55.6 Å². The van der Waals surface area contributed by atoms with E-state index in [4.69, 9.17) is 4.42 Å². The molecule has 0 radical (unpaired) electrons. The zero-order valence-electron chi connectivity index (χ0n) is 16.9. The Morgan fingerprint density at radius 1 is 1.20 bits per heavy atom. The lowest BCUT2D eigenvalue weighted by Gasteiger charge is -2.49. The molecule has 3 fully saturated rings. The topological polar surface area (TPSA) is 80.4 Å². The molecule has 3 saturated heterocycles. The number of hydrogen-bond acceptors (Lipinski definition) is 5. The highest BCUT2D eigenvalue weighted by Gasteiger charge is 2.42. The summed E-state index contributed by atoms with van der Waals surface area (Å²) in [5, 5.41) is 4.65. The summed E-state index contributed by atoms with van der Waals surface area (Å²) in [6.45, 7) is 2.39. The summed E-state index contributed by atoms with van der Waals surface area (Å²) in [6.07, 6.45) is 3.79. The zero-order valence-corrected chi connectivity index (χ0v) is 17.8. The minimum absolute atomic E-state index is 0.233. The number of rotatable bonds is 6. The maximum absolute atomic E-state index is 12.6. The van der Waals surface area contributed by atoms with E-state index >= 15 is 0 Å². The molecule has 2 bridgehead atoms. The molecule has 158 valence electrons. The Hall–Kier alpha value is -2.42. The first kappa shape index (κ1) is 19.5. The highest BCUT2D eigenvalue weighted by molar-refractivity contribution is 7.89. The fraction of sp³-hybridized carbons (Fsp3) is 0.409. The Kier molecular flexibility index (Phi) is 5.00. The number of aromatic nitrogens is 2. The molecule has 0 spiro atoms. The van der Waals surface area contributed by atoms with Gasteiger partial charge in [-0.15, -0.1) is 0 Å². The number of benzene rings is 1. The van der Waals surface area contributed by atoms with Gasteiger partial charge in [-0.1, -0.05) is 18.2 Å². The van der Waals surface area contributed by atoms with Gasteiger partial charge in [-0.25, -0.2) is 13.1 Å². The molecular weight excluding hydrogens is 400 g/mol. The second kappa shape index (κ2) is 7.68. The van der Waals surface area contributed by atoms with Crippen molar-refractivity contribution >= 4 is 10.0 Å². The summed E-state index contributed by atoms with van der Waals surface area (Å²) in [6, 6.07) is 14.7. The predicted octanol–water partition coefficient (Wildman–Crippen LogP) is 2.84. The van der Waals surface area contributed by atoms with Gasteiger partial charge in [0, 0.05) is 37.8 Å². The monoisotopic (exact) mass is 426 g/mol. The van der Waals surface area contributed by atoms with E-state index in [2.05, 4.69) is 20.8 Å². The highest BCUT2D eigenvalue weighted by atomic mass is 32.2. The van der Waals surface area contributed by atoms with Gasteiger partial charge in [0.05, 0.1) is 11.2 Å². The van der Waals surface area contributed by atoms with Gasteiger partial charge < -0.3 is 4.42 Å². The van der Waals surface area contributed by atoms with Crippen LogP contribution in [-0.4, -0.2) is 48.8 Å². The van der Waals surface area contributed by atoms with E-state index in [-0.39, 0.29) is 6.04 Å². The molecule has 0 amide bonds. The van der Waals surface area contributed by atoms with Crippen LogP contribution in [0.5, 0.6) is 0 Å². The van der Waals surface area contributed by atoms with Crippen LogP contribution < -0.4 is 4.72 Å². The number of nitrogens with one attached hydrogen (secondary N) is 1. The lowest BCUT2D eigenvalue weighted by atomic mass is 9.74. The predicted molar refractivity (Wildman–Crippen MR) is 113 cm³/mol. The minimum Gasteiger partial charge on any atom is -0.463 e. The van der Waals surface area contributed by atoms with E-state index in [1.807, 2.05) is 29.9 Å². The molecular formula is C22H26N4O3S. The number of sulfonamides is 1. The average molecular weight is 427 g/mol. The third-order valence-electron chi connectivity index (χ3n) is 6.51. The summed E-state index contributed by atoms with van der Waals surface area (Å²) >= 11 is 0. The molecule has 5 heterocycles. The molecule has 6 rings (SSSR count). The third-order valence-corrected chi connectivity index (χ3v) is 7.95. The second-order valence-electron chi connectivity index (χ2n) is 8.26. The number of piperidine rings is 3. The first-order chi connectivity index (χ1) is 14.5. The fourth-order valence-electron chi connectivity index (χ4n) is 4.95. The van der Waals surface area contributed by atoms with Gasteiger partial charge in [-0.3, -0.25) is 9.58 Å². The lowest BCUT2D eigenvalue weighted by Crippen LogP contribution is -2.56. The second-order valence-corrected chi connectivity index (χ2v) is 10.0. The van der Waals surface area contributed by atoms with Crippen LogP contribution in [0.3, 0.4) is 0 Å². The standard InChI is InChI=1S/C22H26N4O3S/c1-25-21(13-20(24-25)22-8-5-11-29-22)19-15-26-10-9-16(19)12-17(26)14-23-30(27,28)18-6-3-2-4-7-18/h2-8,11,13,16-17,19,23H,9-10,12,14-15H2,1H3/t16-,17+,19+/m0/s1.